The van der Waals surface area contributed by atoms with Crippen molar-refractivity contribution in [2.75, 3.05) is 0 Å². The zero-order chi connectivity index (χ0) is 2.00. The molecule has 0 unspecified atom stereocenters. The third kappa shape index (κ3) is 21.6. The van der Waals surface area contributed by atoms with E-state index < -0.39 is 0 Å². The fraction of sp³-hybridized carbons (Fsp3) is 0. The van der Waals surface area contributed by atoms with Crippen molar-refractivity contribution in [3.8, 4) is 0 Å². The Morgan fingerprint density at radius 3 is 1.20 bits per heavy atom. The van der Waals surface area contributed by atoms with E-state index in [0.717, 1.165) is 0 Å². The first-order valence-corrected chi connectivity index (χ1v) is 0.508. The first-order valence-electron chi connectivity index (χ1n) is 0.123. The molecule has 0 aliphatic carbocycles. The maximum absolute atomic E-state index is 7.81. The summed E-state index contributed by atoms with van der Waals surface area (Å²) in [6.45, 7) is 0. The molecule has 0 fully saturated rings. The molecule has 0 aromatic rings. The zero-order valence-corrected chi connectivity index (χ0v) is 5.91. The second-order valence-corrected chi connectivity index (χ2v) is 0. The molecule has 0 N–H and O–H groups in total. The molecule has 0 aromatic carbocycles. The molecule has 0 spiro atoms. The van der Waals surface area contributed by atoms with E-state index in [2.05, 4.69) is 15.9 Å². The van der Waals surface area contributed by atoms with Crippen molar-refractivity contribution in [2.45, 2.75) is 0 Å². The molecule has 36 valence electrons. The molecule has 0 atom stereocenters. The van der Waals surface area contributed by atoms with E-state index in [1.807, 2.05) is 0 Å². The quantitative estimate of drug-likeness (QED) is 0.483. The van der Waals surface area contributed by atoms with Crippen LogP contribution in [-0.2, 0) is 59.4 Å². The molecule has 0 bridgehead atoms. The van der Waals surface area contributed by atoms with E-state index in [1.54, 1.807) is 0 Å². The van der Waals surface area contributed by atoms with Crippen LogP contribution in [-0.4, -0.2) is 23.9 Å². The van der Waals surface area contributed by atoms with Crippen molar-refractivity contribution in [2.24, 2.45) is 0 Å². The third-order valence-corrected chi connectivity index (χ3v) is 0. The van der Waals surface area contributed by atoms with Crippen LogP contribution in [0.2, 0.25) is 0 Å². The van der Waals surface area contributed by atoms with Crippen molar-refractivity contribution in [3.63, 3.8) is 0 Å². The number of hydrogen-bond acceptors (Lipinski definition) is 1. The van der Waals surface area contributed by atoms with Gasteiger partial charge in [-0.3, -0.25) is 0 Å². The van der Waals surface area contributed by atoms with Crippen LogP contribution in [0.25, 0.3) is 0 Å². The maximum atomic E-state index is 7.81. The minimum Gasteiger partial charge on any atom is 0 e. The molecular formula is H4CuMoOSnV. The van der Waals surface area contributed by atoms with E-state index >= 15 is 0 Å². The van der Waals surface area contributed by atoms with Gasteiger partial charge in [-0.15, -0.1) is 0 Å². The predicted molar refractivity (Wildman–Crippen MR) is 12.0 cm³/mol. The molecule has 0 aromatic heterocycles. The summed E-state index contributed by atoms with van der Waals surface area (Å²) in [5, 5.41) is 0. The Bertz CT molecular complexity index is 11.6. The van der Waals surface area contributed by atoms with Crippen LogP contribution in [0.15, 0.2) is 0 Å². The van der Waals surface area contributed by atoms with Crippen molar-refractivity contribution < 1.29 is 59.4 Å². The van der Waals surface area contributed by atoms with Crippen LogP contribution >= 0.6 is 0 Å². The Labute approximate surface area is 82.2 Å². The summed E-state index contributed by atoms with van der Waals surface area (Å²) in [6, 6.07) is 0. The first kappa shape index (κ1) is 26.3. The SMILES string of the molecule is [Mo].[O]=[Cu].[SnH4].[V]. The molecule has 5 heteroatoms. The molecule has 1 radical (unpaired) electrons. The van der Waals surface area contributed by atoms with Gasteiger partial charge in [0, 0.05) is 39.6 Å². The Morgan fingerprint density at radius 1 is 1.20 bits per heavy atom. The van der Waals surface area contributed by atoms with Crippen LogP contribution < -0.4 is 0 Å². The van der Waals surface area contributed by atoms with Crippen LogP contribution in [0.5, 0.6) is 0 Å². The average molecular weight is 349 g/mol. The maximum Gasteiger partial charge on any atom is 0 e. The summed E-state index contributed by atoms with van der Waals surface area (Å²) >= 11 is 2.94. The molecule has 0 heterocycles. The molecule has 1 nitrogen and oxygen atoms in total. The Balaban J connectivity index is -0.00000000167. The monoisotopic (exact) mass is 352 g/mol. The van der Waals surface area contributed by atoms with Crippen molar-refractivity contribution in [3.05, 3.63) is 0 Å². The third-order valence-electron chi connectivity index (χ3n) is 0. The second-order valence-electron chi connectivity index (χ2n) is 0. The van der Waals surface area contributed by atoms with Gasteiger partial charge >= 0.3 is 43.7 Å². The van der Waals surface area contributed by atoms with Crippen molar-refractivity contribution in [1.82, 2.24) is 0 Å². The number of hydrogen-bond donors (Lipinski definition) is 0. The van der Waals surface area contributed by atoms with Crippen molar-refractivity contribution >= 4 is 23.9 Å². The zero-order valence-electron chi connectivity index (χ0n) is 1.57. The van der Waals surface area contributed by atoms with E-state index in [9.17, 15) is 0 Å². The van der Waals surface area contributed by atoms with E-state index in [1.165, 1.54) is 0 Å². The van der Waals surface area contributed by atoms with E-state index in [0.29, 0.717) is 0 Å². The molecule has 5 heavy (non-hydrogen) atoms. The first-order chi connectivity index (χ1) is 1.00. The van der Waals surface area contributed by atoms with Crippen LogP contribution in [0.4, 0.5) is 0 Å². The molecule has 0 aliphatic rings. The smallest absolute Gasteiger partial charge is 0 e. The molecule has 0 rings (SSSR count). The summed E-state index contributed by atoms with van der Waals surface area (Å²) in [7, 11) is 0. The topological polar surface area (TPSA) is 17.1 Å². The van der Waals surface area contributed by atoms with Gasteiger partial charge in [0.25, 0.3) is 0 Å². The Kier molecular flexibility index (Phi) is 171. The normalized spacial score (nSPS) is 1.20. The van der Waals surface area contributed by atoms with Gasteiger partial charge < -0.3 is 0 Å². The second kappa shape index (κ2) is 32.5. The minimum atomic E-state index is 0. The van der Waals surface area contributed by atoms with Crippen molar-refractivity contribution in [1.29, 1.82) is 0 Å². The summed E-state index contributed by atoms with van der Waals surface area (Å²) in [5.41, 5.74) is 0. The molecule has 0 saturated carbocycles. The average Bonchev–Trinajstić information content (AvgIpc) is 1.00. The van der Waals surface area contributed by atoms with Crippen LogP contribution in [0, 0.1) is 0 Å². The van der Waals surface area contributed by atoms with Gasteiger partial charge in [-0.05, 0) is 0 Å². The Hall–Kier alpha value is 2.39. The van der Waals surface area contributed by atoms with Gasteiger partial charge in [0.05, 0.1) is 0 Å². The van der Waals surface area contributed by atoms with Crippen LogP contribution in [0.3, 0.4) is 0 Å². The van der Waals surface area contributed by atoms with Gasteiger partial charge in [-0.1, -0.05) is 0 Å². The van der Waals surface area contributed by atoms with E-state index in [4.69, 9.17) is 3.83 Å². The summed E-state index contributed by atoms with van der Waals surface area (Å²) < 4.78 is 7.81. The summed E-state index contributed by atoms with van der Waals surface area (Å²) in [4.78, 5) is 0. The van der Waals surface area contributed by atoms with Gasteiger partial charge in [0.15, 0.2) is 0 Å². The van der Waals surface area contributed by atoms with Gasteiger partial charge in [0.1, 0.15) is 0 Å². The fourth-order valence-corrected chi connectivity index (χ4v) is 0. The fourth-order valence-electron chi connectivity index (χ4n) is 0. The predicted octanol–water partition coefficient (Wildman–Crippen LogP) is -1.58. The van der Waals surface area contributed by atoms with E-state index in [-0.39, 0.29) is 63.5 Å². The minimum absolute atomic E-state index is 0. The summed E-state index contributed by atoms with van der Waals surface area (Å²) in [5.74, 6) is 0. The molecule has 0 aliphatic heterocycles. The van der Waals surface area contributed by atoms with Gasteiger partial charge in [-0.25, -0.2) is 0 Å². The van der Waals surface area contributed by atoms with Gasteiger partial charge in [-0.2, -0.15) is 0 Å². The largest absolute Gasteiger partial charge is 0 e. The Morgan fingerprint density at radius 2 is 1.20 bits per heavy atom. The molecular weight excluding hydrogens is 345 g/mol. The standard InChI is InChI=1S/Cu.Mo.O.Sn.V.4H. The molecule has 0 saturated heterocycles. The molecule has 0 amide bonds. The number of rotatable bonds is 0. The van der Waals surface area contributed by atoms with Gasteiger partial charge in [0.2, 0.25) is 0 Å². The van der Waals surface area contributed by atoms with Crippen LogP contribution in [0.1, 0.15) is 0 Å². The summed E-state index contributed by atoms with van der Waals surface area (Å²) in [6.07, 6.45) is 0.